The van der Waals surface area contributed by atoms with Gasteiger partial charge in [0.25, 0.3) is 0 Å². The summed E-state index contributed by atoms with van der Waals surface area (Å²) in [5, 5.41) is 6.24. The van der Waals surface area contributed by atoms with E-state index in [0.717, 1.165) is 30.8 Å². The molecule has 0 aliphatic carbocycles. The highest BCUT2D eigenvalue weighted by molar-refractivity contribution is 6.05. The molecule has 0 spiro atoms. The molecule has 1 aliphatic rings. The highest BCUT2D eigenvalue weighted by Gasteiger charge is 2.38. The van der Waals surface area contributed by atoms with Crippen molar-refractivity contribution in [3.8, 4) is 0 Å². The van der Waals surface area contributed by atoms with Gasteiger partial charge in [-0.15, -0.1) is 0 Å². The van der Waals surface area contributed by atoms with E-state index in [2.05, 4.69) is 29.7 Å². The quantitative estimate of drug-likeness (QED) is 0.780. The van der Waals surface area contributed by atoms with Gasteiger partial charge in [0.15, 0.2) is 0 Å². The van der Waals surface area contributed by atoms with Crippen LogP contribution < -0.4 is 10.6 Å². The monoisotopic (exact) mass is 232 g/mol. The van der Waals surface area contributed by atoms with Crippen molar-refractivity contribution < 1.29 is 4.79 Å². The number of nitrogens with one attached hydrogen (secondary N) is 2. The van der Waals surface area contributed by atoms with E-state index in [9.17, 15) is 4.79 Å². The lowest BCUT2D eigenvalue weighted by molar-refractivity contribution is -0.119. The highest BCUT2D eigenvalue weighted by atomic mass is 16.2. The molecule has 1 aliphatic heterocycles. The summed E-state index contributed by atoms with van der Waals surface area (Å²) in [5.74, 6) is 0.0938. The van der Waals surface area contributed by atoms with Crippen LogP contribution in [-0.2, 0) is 16.6 Å². The van der Waals surface area contributed by atoms with Gasteiger partial charge in [0.05, 0.1) is 5.41 Å². The van der Waals surface area contributed by atoms with Crippen LogP contribution in [0.1, 0.15) is 31.9 Å². The molecule has 1 aromatic rings. The molecule has 0 bridgehead atoms. The number of carbonyl (C=O) groups excluding carboxylic acids is 1. The summed E-state index contributed by atoms with van der Waals surface area (Å²) in [6, 6.07) is 6.27. The summed E-state index contributed by atoms with van der Waals surface area (Å²) in [4.78, 5) is 11.8. The maximum Gasteiger partial charge on any atom is 0.234 e. The van der Waals surface area contributed by atoms with Crippen molar-refractivity contribution in [3.63, 3.8) is 0 Å². The lowest BCUT2D eigenvalue weighted by Crippen LogP contribution is -2.27. The SMILES string of the molecule is CCNCCc1ccc2c(c1)C(C)(C)C(=O)N2. The summed E-state index contributed by atoms with van der Waals surface area (Å²) in [5.41, 5.74) is 2.97. The number of carbonyl (C=O) groups is 1. The maximum absolute atomic E-state index is 11.8. The van der Waals surface area contributed by atoms with Crippen molar-refractivity contribution in [2.24, 2.45) is 0 Å². The third-order valence-corrected chi connectivity index (χ3v) is 3.41. The lowest BCUT2D eigenvalue weighted by atomic mass is 9.85. The molecule has 0 aromatic heterocycles. The molecule has 3 nitrogen and oxygen atoms in total. The van der Waals surface area contributed by atoms with Gasteiger partial charge in [-0.05, 0) is 50.6 Å². The molecular weight excluding hydrogens is 212 g/mol. The summed E-state index contributed by atoms with van der Waals surface area (Å²) >= 11 is 0. The standard InChI is InChI=1S/C14H20N2O/c1-4-15-8-7-10-5-6-12-11(9-10)14(2,3)13(17)16-12/h5-6,9,15H,4,7-8H2,1-3H3,(H,16,17). The average Bonchev–Trinajstić information content (AvgIpc) is 2.51. The topological polar surface area (TPSA) is 41.1 Å². The van der Waals surface area contributed by atoms with Crippen LogP contribution in [0.3, 0.4) is 0 Å². The van der Waals surface area contributed by atoms with E-state index in [-0.39, 0.29) is 5.91 Å². The van der Waals surface area contributed by atoms with Crippen molar-refractivity contribution >= 4 is 11.6 Å². The summed E-state index contributed by atoms with van der Waals surface area (Å²) < 4.78 is 0. The van der Waals surface area contributed by atoms with E-state index in [1.165, 1.54) is 5.56 Å². The van der Waals surface area contributed by atoms with E-state index in [1.807, 2.05) is 19.9 Å². The third kappa shape index (κ3) is 2.20. The van der Waals surface area contributed by atoms with Crippen molar-refractivity contribution in [3.05, 3.63) is 29.3 Å². The minimum Gasteiger partial charge on any atom is -0.325 e. The first-order chi connectivity index (χ1) is 8.05. The van der Waals surface area contributed by atoms with Crippen LogP contribution in [-0.4, -0.2) is 19.0 Å². The number of likely N-dealkylation sites (N-methyl/N-ethyl adjacent to an activating group) is 1. The van der Waals surface area contributed by atoms with Crippen LogP contribution >= 0.6 is 0 Å². The van der Waals surface area contributed by atoms with Crippen LogP contribution in [0, 0.1) is 0 Å². The molecule has 1 heterocycles. The Morgan fingerprint density at radius 3 is 2.82 bits per heavy atom. The molecule has 0 radical (unpaired) electrons. The molecule has 1 amide bonds. The number of rotatable bonds is 4. The number of hydrogen-bond acceptors (Lipinski definition) is 2. The Morgan fingerprint density at radius 2 is 2.12 bits per heavy atom. The molecular formula is C14H20N2O. The first-order valence-electron chi connectivity index (χ1n) is 6.21. The van der Waals surface area contributed by atoms with Crippen LogP contribution in [0.25, 0.3) is 0 Å². The molecule has 3 heteroatoms. The fraction of sp³-hybridized carbons (Fsp3) is 0.500. The minimum absolute atomic E-state index is 0.0938. The second-order valence-corrected chi connectivity index (χ2v) is 5.06. The van der Waals surface area contributed by atoms with E-state index in [4.69, 9.17) is 0 Å². The van der Waals surface area contributed by atoms with Crippen LogP contribution in [0.2, 0.25) is 0 Å². The molecule has 2 rings (SSSR count). The van der Waals surface area contributed by atoms with Gasteiger partial charge in [0.1, 0.15) is 0 Å². The average molecular weight is 232 g/mol. The van der Waals surface area contributed by atoms with Crippen molar-refractivity contribution in [1.29, 1.82) is 0 Å². The van der Waals surface area contributed by atoms with Crippen LogP contribution in [0.5, 0.6) is 0 Å². The Morgan fingerprint density at radius 1 is 1.35 bits per heavy atom. The first-order valence-corrected chi connectivity index (χ1v) is 6.21. The van der Waals surface area contributed by atoms with Crippen molar-refractivity contribution in [2.45, 2.75) is 32.6 Å². The Kier molecular flexibility index (Phi) is 3.20. The van der Waals surface area contributed by atoms with Gasteiger partial charge in [-0.25, -0.2) is 0 Å². The zero-order chi connectivity index (χ0) is 12.5. The molecule has 0 saturated heterocycles. The zero-order valence-electron chi connectivity index (χ0n) is 10.8. The fourth-order valence-corrected chi connectivity index (χ4v) is 2.18. The van der Waals surface area contributed by atoms with E-state index in [0.29, 0.717) is 0 Å². The molecule has 0 saturated carbocycles. The molecule has 0 unspecified atom stereocenters. The van der Waals surface area contributed by atoms with Crippen LogP contribution in [0.4, 0.5) is 5.69 Å². The largest absolute Gasteiger partial charge is 0.325 e. The molecule has 17 heavy (non-hydrogen) atoms. The zero-order valence-corrected chi connectivity index (χ0v) is 10.8. The Balaban J connectivity index is 2.20. The Hall–Kier alpha value is -1.35. The lowest BCUT2D eigenvalue weighted by Gasteiger charge is -2.15. The van der Waals surface area contributed by atoms with Gasteiger partial charge in [-0.2, -0.15) is 0 Å². The number of amides is 1. The first kappa shape index (κ1) is 12.1. The molecule has 0 atom stereocenters. The summed E-state index contributed by atoms with van der Waals surface area (Å²) in [7, 11) is 0. The van der Waals surface area contributed by atoms with Crippen molar-refractivity contribution in [2.75, 3.05) is 18.4 Å². The van der Waals surface area contributed by atoms with E-state index >= 15 is 0 Å². The van der Waals surface area contributed by atoms with Gasteiger partial charge in [0, 0.05) is 5.69 Å². The smallest absolute Gasteiger partial charge is 0.234 e. The highest BCUT2D eigenvalue weighted by Crippen LogP contribution is 2.37. The van der Waals surface area contributed by atoms with Gasteiger partial charge >= 0.3 is 0 Å². The van der Waals surface area contributed by atoms with Crippen molar-refractivity contribution in [1.82, 2.24) is 5.32 Å². The fourth-order valence-electron chi connectivity index (χ4n) is 2.18. The minimum atomic E-state index is -0.399. The number of benzene rings is 1. The summed E-state index contributed by atoms with van der Waals surface area (Å²) in [6.45, 7) is 8.03. The maximum atomic E-state index is 11.8. The van der Waals surface area contributed by atoms with Gasteiger partial charge in [-0.1, -0.05) is 19.1 Å². The molecule has 92 valence electrons. The van der Waals surface area contributed by atoms with Gasteiger partial charge in [0.2, 0.25) is 5.91 Å². The van der Waals surface area contributed by atoms with Gasteiger partial charge < -0.3 is 10.6 Å². The van der Waals surface area contributed by atoms with E-state index in [1.54, 1.807) is 0 Å². The third-order valence-electron chi connectivity index (χ3n) is 3.41. The molecule has 2 N–H and O–H groups in total. The summed E-state index contributed by atoms with van der Waals surface area (Å²) in [6.07, 6.45) is 1.01. The Bertz CT molecular complexity index is 438. The second kappa shape index (κ2) is 4.49. The Labute approximate surface area is 103 Å². The van der Waals surface area contributed by atoms with Crippen LogP contribution in [0.15, 0.2) is 18.2 Å². The number of fused-ring (bicyclic) bond motifs is 1. The molecule has 0 fully saturated rings. The predicted octanol–water partition coefficient (Wildman–Crippen LogP) is 2.07. The number of anilines is 1. The van der Waals surface area contributed by atoms with E-state index < -0.39 is 5.41 Å². The molecule has 1 aromatic carbocycles. The normalized spacial score (nSPS) is 16.8. The van der Waals surface area contributed by atoms with Gasteiger partial charge in [-0.3, -0.25) is 4.79 Å². The number of hydrogen-bond donors (Lipinski definition) is 2. The predicted molar refractivity (Wildman–Crippen MR) is 70.3 cm³/mol. The second-order valence-electron chi connectivity index (χ2n) is 5.06.